The summed E-state index contributed by atoms with van der Waals surface area (Å²) in [6, 6.07) is 16.5. The molecule has 198 valence electrons. The minimum absolute atomic E-state index is 0.00397. The van der Waals surface area contributed by atoms with E-state index in [4.69, 9.17) is 11.5 Å². The zero-order chi connectivity index (χ0) is 27.7. The van der Waals surface area contributed by atoms with Gasteiger partial charge < -0.3 is 21.5 Å². The second kappa shape index (κ2) is 10.3. The minimum Gasteiger partial charge on any atom is -0.453 e. The Balaban J connectivity index is 1.65. The fourth-order valence-corrected chi connectivity index (χ4v) is 4.19. The summed E-state index contributed by atoms with van der Waals surface area (Å²) in [5.74, 6) is -3.38. The Bertz CT molecular complexity index is 1680. The third-order valence-corrected chi connectivity index (χ3v) is 6.19. The Kier molecular flexibility index (Phi) is 6.75. The number of nitrogens with two attached hydrogens (primary N) is 2. The third-order valence-electron chi connectivity index (χ3n) is 6.19. The van der Waals surface area contributed by atoms with Crippen molar-refractivity contribution in [2.45, 2.75) is 13.0 Å². The highest BCUT2D eigenvalue weighted by molar-refractivity contribution is 5.88. The molecule has 0 bridgehead atoms. The molecule has 0 unspecified atom stereocenters. The van der Waals surface area contributed by atoms with E-state index in [1.807, 2.05) is 42.5 Å². The second-order valence-electron chi connectivity index (χ2n) is 8.57. The van der Waals surface area contributed by atoms with E-state index < -0.39 is 29.1 Å². The first kappa shape index (κ1) is 25.5. The summed E-state index contributed by atoms with van der Waals surface area (Å²) in [7, 11) is 1.22. The van der Waals surface area contributed by atoms with Gasteiger partial charge in [0.15, 0.2) is 11.6 Å². The van der Waals surface area contributed by atoms with Crippen LogP contribution in [0.3, 0.4) is 0 Å². The van der Waals surface area contributed by atoms with Gasteiger partial charge in [-0.15, -0.1) is 0 Å². The molecule has 2 heterocycles. The SMILES string of the molecule is COC(=O)NCc1c(N)nc(-n2nc(Cc3c(F)ccc(F)c3F)c3cc(-c4ccccc4)ccc32)nc1N. The quantitative estimate of drug-likeness (QED) is 0.274. The van der Waals surface area contributed by atoms with Crippen LogP contribution in [0.25, 0.3) is 28.0 Å². The Hall–Kier alpha value is -5.13. The normalized spacial score (nSPS) is 11.1. The van der Waals surface area contributed by atoms with E-state index in [-0.39, 0.29) is 41.8 Å². The maximum absolute atomic E-state index is 14.6. The standard InChI is InChI=1S/C27H22F3N7O2/c1-39-27(38)33-13-18-24(31)34-26(35-25(18)32)37-22-10-7-15(14-5-3-2-4-6-14)11-17(22)21(36-37)12-16-19(28)8-9-20(29)23(16)30/h2-11H,12-13H2,1H3,(H,33,38)(H4,31,32,34,35). The number of nitrogen functional groups attached to an aromatic ring is 2. The molecule has 0 radical (unpaired) electrons. The summed E-state index contributed by atoms with van der Waals surface area (Å²) in [6.45, 7) is -0.0751. The minimum atomic E-state index is -1.29. The van der Waals surface area contributed by atoms with Gasteiger partial charge in [-0.3, -0.25) is 0 Å². The van der Waals surface area contributed by atoms with Crippen LogP contribution >= 0.6 is 0 Å². The van der Waals surface area contributed by atoms with Crippen LogP contribution in [0.5, 0.6) is 0 Å². The first-order valence-corrected chi connectivity index (χ1v) is 11.7. The summed E-state index contributed by atoms with van der Waals surface area (Å²) in [5.41, 5.74) is 14.5. The Labute approximate surface area is 220 Å². The van der Waals surface area contributed by atoms with Crippen LogP contribution in [0, 0.1) is 17.5 Å². The van der Waals surface area contributed by atoms with Crippen molar-refractivity contribution in [3.63, 3.8) is 0 Å². The number of carbonyl (C=O) groups excluding carboxylic acids is 1. The molecule has 39 heavy (non-hydrogen) atoms. The van der Waals surface area contributed by atoms with Gasteiger partial charge in [0.2, 0.25) is 0 Å². The molecule has 0 aliphatic carbocycles. The monoisotopic (exact) mass is 533 g/mol. The van der Waals surface area contributed by atoms with E-state index in [0.717, 1.165) is 23.3 Å². The Morgan fingerprint density at radius 1 is 0.923 bits per heavy atom. The second-order valence-corrected chi connectivity index (χ2v) is 8.57. The van der Waals surface area contributed by atoms with Gasteiger partial charge in [-0.2, -0.15) is 19.7 Å². The molecule has 5 rings (SSSR count). The van der Waals surface area contributed by atoms with Crippen molar-refractivity contribution in [1.82, 2.24) is 25.1 Å². The number of rotatable bonds is 6. The van der Waals surface area contributed by atoms with E-state index in [1.54, 1.807) is 6.07 Å². The summed E-state index contributed by atoms with van der Waals surface area (Å²) < 4.78 is 49.0. The van der Waals surface area contributed by atoms with Crippen molar-refractivity contribution in [2.24, 2.45) is 0 Å². The van der Waals surface area contributed by atoms with Gasteiger partial charge in [0.1, 0.15) is 17.5 Å². The molecule has 12 heteroatoms. The van der Waals surface area contributed by atoms with E-state index >= 15 is 0 Å². The van der Waals surface area contributed by atoms with Crippen molar-refractivity contribution >= 4 is 28.6 Å². The number of aromatic nitrogens is 4. The zero-order valence-electron chi connectivity index (χ0n) is 20.6. The van der Waals surface area contributed by atoms with Crippen molar-refractivity contribution in [3.05, 3.63) is 94.9 Å². The molecule has 9 nitrogen and oxygen atoms in total. The number of benzene rings is 3. The highest BCUT2D eigenvalue weighted by Gasteiger charge is 2.21. The summed E-state index contributed by atoms with van der Waals surface area (Å²) in [5, 5.41) is 7.54. The van der Waals surface area contributed by atoms with Gasteiger partial charge >= 0.3 is 6.09 Å². The molecular formula is C27H22F3N7O2. The molecule has 1 amide bonds. The molecular weight excluding hydrogens is 511 g/mol. The van der Waals surface area contributed by atoms with E-state index in [0.29, 0.717) is 10.9 Å². The number of carbonyl (C=O) groups is 1. The average Bonchev–Trinajstić information content (AvgIpc) is 3.30. The van der Waals surface area contributed by atoms with Crippen LogP contribution in [-0.4, -0.2) is 33.0 Å². The smallest absolute Gasteiger partial charge is 0.407 e. The number of hydrogen-bond donors (Lipinski definition) is 3. The van der Waals surface area contributed by atoms with E-state index in [2.05, 4.69) is 25.1 Å². The number of nitrogens with zero attached hydrogens (tertiary/aromatic N) is 4. The highest BCUT2D eigenvalue weighted by Crippen LogP contribution is 2.31. The number of hydrogen-bond acceptors (Lipinski definition) is 7. The Morgan fingerprint density at radius 2 is 1.62 bits per heavy atom. The molecule has 0 saturated carbocycles. The maximum Gasteiger partial charge on any atom is 0.407 e. The van der Waals surface area contributed by atoms with Crippen LogP contribution in [0.2, 0.25) is 0 Å². The van der Waals surface area contributed by atoms with Crippen molar-refractivity contribution in [3.8, 4) is 17.1 Å². The fraction of sp³-hybridized carbons (Fsp3) is 0.111. The number of amides is 1. The lowest BCUT2D eigenvalue weighted by Gasteiger charge is -2.11. The van der Waals surface area contributed by atoms with Gasteiger partial charge in [-0.1, -0.05) is 36.4 Å². The Morgan fingerprint density at radius 3 is 2.31 bits per heavy atom. The molecule has 0 saturated heterocycles. The molecule has 3 aromatic carbocycles. The number of alkyl carbamates (subject to hydrolysis) is 1. The molecule has 0 spiro atoms. The van der Waals surface area contributed by atoms with Crippen LogP contribution in [0.4, 0.5) is 29.6 Å². The lowest BCUT2D eigenvalue weighted by molar-refractivity contribution is 0.170. The number of anilines is 2. The van der Waals surface area contributed by atoms with Gasteiger partial charge in [0.25, 0.3) is 5.95 Å². The van der Waals surface area contributed by atoms with Crippen molar-refractivity contribution in [1.29, 1.82) is 0 Å². The van der Waals surface area contributed by atoms with Crippen LogP contribution in [-0.2, 0) is 17.7 Å². The van der Waals surface area contributed by atoms with Gasteiger partial charge in [-0.25, -0.2) is 18.0 Å². The molecule has 5 aromatic rings. The predicted octanol–water partition coefficient (Wildman–Crippen LogP) is 4.51. The fourth-order valence-electron chi connectivity index (χ4n) is 4.19. The zero-order valence-corrected chi connectivity index (χ0v) is 20.6. The molecule has 0 fully saturated rings. The van der Waals surface area contributed by atoms with Crippen LogP contribution in [0.1, 0.15) is 16.8 Å². The van der Waals surface area contributed by atoms with Crippen molar-refractivity contribution in [2.75, 3.05) is 18.6 Å². The van der Waals surface area contributed by atoms with Crippen molar-refractivity contribution < 1.29 is 22.7 Å². The lowest BCUT2D eigenvalue weighted by Crippen LogP contribution is -2.24. The molecule has 0 aliphatic heterocycles. The summed E-state index contributed by atoms with van der Waals surface area (Å²) >= 11 is 0. The maximum atomic E-state index is 14.6. The number of nitrogens with one attached hydrogen (secondary N) is 1. The predicted molar refractivity (Wildman–Crippen MR) is 139 cm³/mol. The van der Waals surface area contributed by atoms with Gasteiger partial charge in [0, 0.05) is 17.4 Å². The number of ether oxygens (including phenoxy) is 1. The van der Waals surface area contributed by atoms with E-state index in [9.17, 15) is 18.0 Å². The molecule has 0 atom stereocenters. The van der Waals surface area contributed by atoms with Crippen LogP contribution in [0.15, 0.2) is 60.7 Å². The van der Waals surface area contributed by atoms with Gasteiger partial charge in [-0.05, 0) is 35.4 Å². The number of methoxy groups -OCH3 is 1. The number of fused-ring (bicyclic) bond motifs is 1. The first-order valence-electron chi connectivity index (χ1n) is 11.7. The molecule has 2 aromatic heterocycles. The molecule has 0 aliphatic rings. The van der Waals surface area contributed by atoms with E-state index in [1.165, 1.54) is 11.8 Å². The third kappa shape index (κ3) is 4.91. The summed E-state index contributed by atoms with van der Waals surface area (Å²) in [6.07, 6.45) is -1.03. The lowest BCUT2D eigenvalue weighted by atomic mass is 10.0. The van der Waals surface area contributed by atoms with Gasteiger partial charge in [0.05, 0.1) is 30.4 Å². The largest absolute Gasteiger partial charge is 0.453 e. The average molecular weight is 534 g/mol. The topological polar surface area (TPSA) is 134 Å². The highest BCUT2D eigenvalue weighted by atomic mass is 19.2. The first-order chi connectivity index (χ1) is 18.8. The number of halogens is 3. The van der Waals surface area contributed by atoms with Crippen LogP contribution < -0.4 is 16.8 Å². The molecule has 5 N–H and O–H groups in total. The summed E-state index contributed by atoms with van der Waals surface area (Å²) in [4.78, 5) is 20.0.